The van der Waals surface area contributed by atoms with Gasteiger partial charge in [-0.25, -0.2) is 4.39 Å². The summed E-state index contributed by atoms with van der Waals surface area (Å²) < 4.78 is 21.7. The number of methoxy groups -OCH3 is 1. The quantitative estimate of drug-likeness (QED) is 0.281. The minimum absolute atomic E-state index is 0.0174. The molecule has 3 aromatic carbocycles. The minimum Gasteiger partial charge on any atom is -0.496 e. The van der Waals surface area contributed by atoms with Crippen molar-refractivity contribution < 1.29 is 18.7 Å². The number of anilines is 1. The van der Waals surface area contributed by atoms with Gasteiger partial charge in [0.25, 0.3) is 5.91 Å². The van der Waals surface area contributed by atoms with E-state index in [-0.39, 0.29) is 24.3 Å². The Morgan fingerprint density at radius 1 is 1.05 bits per heavy atom. The Kier molecular flexibility index (Phi) is 8.07. The molecule has 0 radical (unpaired) electrons. The first-order chi connectivity index (χ1) is 18.9. The van der Waals surface area contributed by atoms with Crippen molar-refractivity contribution in [1.82, 2.24) is 14.7 Å². The molecule has 7 nitrogen and oxygen atoms in total. The number of carbonyl (C=O) groups excluding carboxylic acids is 2. The van der Waals surface area contributed by atoms with Crippen LogP contribution in [0, 0.1) is 5.82 Å². The molecule has 1 aliphatic heterocycles. The lowest BCUT2D eigenvalue weighted by Crippen LogP contribution is -2.39. The average Bonchev–Trinajstić information content (AvgIpc) is 3.41. The normalized spacial score (nSPS) is 13.8. The van der Waals surface area contributed by atoms with Crippen molar-refractivity contribution in [2.45, 2.75) is 25.3 Å². The van der Waals surface area contributed by atoms with Crippen LogP contribution in [0.25, 0.3) is 11.1 Å². The number of hydrogen-bond acceptors (Lipinski definition) is 4. The van der Waals surface area contributed by atoms with Crippen LogP contribution in [0.4, 0.5) is 10.1 Å². The molecule has 0 unspecified atom stereocenters. The van der Waals surface area contributed by atoms with Crippen molar-refractivity contribution in [3.05, 3.63) is 101 Å². The van der Waals surface area contributed by atoms with E-state index in [1.807, 2.05) is 52.0 Å². The van der Waals surface area contributed by atoms with E-state index in [0.29, 0.717) is 35.7 Å². The smallest absolute Gasteiger partial charge is 0.253 e. The largest absolute Gasteiger partial charge is 0.496 e. The molecule has 0 atom stereocenters. The van der Waals surface area contributed by atoms with Crippen LogP contribution in [0.15, 0.2) is 83.6 Å². The molecule has 0 bridgehead atoms. The Balaban J connectivity index is 1.14. The number of benzene rings is 3. The van der Waals surface area contributed by atoms with Crippen molar-refractivity contribution in [2.75, 3.05) is 25.5 Å². The molecule has 0 spiro atoms. The van der Waals surface area contributed by atoms with Gasteiger partial charge < -0.3 is 15.0 Å². The summed E-state index contributed by atoms with van der Waals surface area (Å²) in [5.74, 6) is -0.224. The van der Waals surface area contributed by atoms with Gasteiger partial charge in [-0.15, -0.1) is 0 Å². The van der Waals surface area contributed by atoms with Crippen molar-refractivity contribution >= 4 is 33.4 Å². The van der Waals surface area contributed by atoms with Gasteiger partial charge in [-0.1, -0.05) is 40.2 Å². The van der Waals surface area contributed by atoms with Gasteiger partial charge in [0.15, 0.2) is 0 Å². The van der Waals surface area contributed by atoms with Gasteiger partial charge in [-0.05, 0) is 66.4 Å². The second-order valence-electron chi connectivity index (χ2n) is 9.50. The van der Waals surface area contributed by atoms with Crippen LogP contribution in [-0.4, -0.2) is 46.7 Å². The summed E-state index contributed by atoms with van der Waals surface area (Å²) in [6, 6.07) is 20.0. The number of amides is 2. The highest BCUT2D eigenvalue weighted by Gasteiger charge is 2.25. The summed E-state index contributed by atoms with van der Waals surface area (Å²) in [4.78, 5) is 27.5. The first-order valence-electron chi connectivity index (χ1n) is 12.7. The molecule has 1 aliphatic rings. The van der Waals surface area contributed by atoms with Crippen LogP contribution in [0.3, 0.4) is 0 Å². The van der Waals surface area contributed by atoms with Gasteiger partial charge in [-0.3, -0.25) is 14.3 Å². The summed E-state index contributed by atoms with van der Waals surface area (Å²) in [6.07, 6.45) is 4.90. The number of likely N-dealkylation sites (tertiary alicyclic amines) is 1. The van der Waals surface area contributed by atoms with E-state index in [0.717, 1.165) is 28.4 Å². The number of rotatable bonds is 7. The second-order valence-corrected chi connectivity index (χ2v) is 10.4. The Hall–Kier alpha value is -3.98. The molecule has 4 aromatic rings. The maximum atomic E-state index is 13.6. The van der Waals surface area contributed by atoms with Gasteiger partial charge in [0.05, 0.1) is 31.5 Å². The molecule has 9 heteroatoms. The molecule has 5 rings (SSSR count). The summed E-state index contributed by atoms with van der Waals surface area (Å²) in [7, 11) is 1.48. The highest BCUT2D eigenvalue weighted by atomic mass is 79.9. The Bertz CT molecular complexity index is 1480. The monoisotopic (exact) mass is 590 g/mol. The summed E-state index contributed by atoms with van der Waals surface area (Å²) >= 11 is 3.50. The number of ether oxygens (including phenoxy) is 1. The molecule has 2 amide bonds. The standard InChI is InChI=1S/C30H28BrFN4O3/c1-39-28-10-9-25(32)16-23(28)17-29(37)34-26-18-33-36(19-26)27-11-13-35(14-12-27)30(38)21-7-5-20(6-8-21)22-3-2-4-24(31)15-22/h2-10,15-16,18-19,27H,11-14,17H2,1H3,(H,34,37). The van der Waals surface area contributed by atoms with E-state index in [1.165, 1.54) is 25.3 Å². The molecule has 0 aliphatic carbocycles. The lowest BCUT2D eigenvalue weighted by molar-refractivity contribution is -0.115. The third-order valence-corrected chi connectivity index (χ3v) is 7.39. The van der Waals surface area contributed by atoms with Crippen molar-refractivity contribution in [3.8, 4) is 16.9 Å². The van der Waals surface area contributed by atoms with Crippen molar-refractivity contribution in [1.29, 1.82) is 0 Å². The molecular formula is C30H28BrFN4O3. The van der Waals surface area contributed by atoms with Crippen LogP contribution >= 0.6 is 15.9 Å². The van der Waals surface area contributed by atoms with E-state index in [9.17, 15) is 14.0 Å². The van der Waals surface area contributed by atoms with Crippen molar-refractivity contribution in [3.63, 3.8) is 0 Å². The van der Waals surface area contributed by atoms with Gasteiger partial charge in [-0.2, -0.15) is 5.10 Å². The first-order valence-corrected chi connectivity index (χ1v) is 13.5. The average molecular weight is 591 g/mol. The molecule has 1 N–H and O–H groups in total. The zero-order valence-electron chi connectivity index (χ0n) is 21.4. The molecule has 1 saturated heterocycles. The lowest BCUT2D eigenvalue weighted by atomic mass is 10.0. The van der Waals surface area contributed by atoms with E-state index in [1.54, 1.807) is 12.4 Å². The molecule has 0 saturated carbocycles. The molecule has 39 heavy (non-hydrogen) atoms. The van der Waals surface area contributed by atoms with Gasteiger partial charge in [0.2, 0.25) is 5.91 Å². The van der Waals surface area contributed by atoms with E-state index in [2.05, 4.69) is 32.4 Å². The maximum Gasteiger partial charge on any atom is 0.253 e. The first kappa shape index (κ1) is 26.6. The van der Waals surface area contributed by atoms with Gasteiger partial charge in [0.1, 0.15) is 11.6 Å². The number of piperidine rings is 1. The van der Waals surface area contributed by atoms with Crippen molar-refractivity contribution in [2.24, 2.45) is 0 Å². The predicted octanol–water partition coefficient (Wildman–Crippen LogP) is 6.12. The SMILES string of the molecule is COc1ccc(F)cc1CC(=O)Nc1cnn(C2CCN(C(=O)c3ccc(-c4cccc(Br)c4)cc3)CC2)c1. The number of hydrogen-bond donors (Lipinski definition) is 1. The lowest BCUT2D eigenvalue weighted by Gasteiger charge is -2.32. The minimum atomic E-state index is -0.422. The van der Waals surface area contributed by atoms with Crippen LogP contribution in [-0.2, 0) is 11.2 Å². The molecule has 200 valence electrons. The second kappa shape index (κ2) is 11.8. The topological polar surface area (TPSA) is 76.5 Å². The number of halogens is 2. The fourth-order valence-electron chi connectivity index (χ4n) is 4.86. The number of aromatic nitrogens is 2. The number of nitrogens with zero attached hydrogens (tertiary/aromatic N) is 3. The molecule has 1 fully saturated rings. The highest BCUT2D eigenvalue weighted by Crippen LogP contribution is 2.27. The summed E-state index contributed by atoms with van der Waals surface area (Å²) in [5.41, 5.74) is 3.86. The van der Waals surface area contributed by atoms with Crippen LogP contribution in [0.1, 0.15) is 34.8 Å². The Labute approximate surface area is 234 Å². The Morgan fingerprint density at radius 3 is 2.54 bits per heavy atom. The van der Waals surface area contributed by atoms with E-state index < -0.39 is 5.82 Å². The third kappa shape index (κ3) is 6.37. The summed E-state index contributed by atoms with van der Waals surface area (Å²) in [6.45, 7) is 1.25. The van der Waals surface area contributed by atoms with Crippen LogP contribution < -0.4 is 10.1 Å². The zero-order chi connectivity index (χ0) is 27.4. The predicted molar refractivity (Wildman–Crippen MR) is 151 cm³/mol. The number of nitrogens with one attached hydrogen (secondary N) is 1. The van der Waals surface area contributed by atoms with Gasteiger partial charge in [0, 0.05) is 34.9 Å². The molecular weight excluding hydrogens is 563 g/mol. The zero-order valence-corrected chi connectivity index (χ0v) is 23.0. The maximum absolute atomic E-state index is 13.6. The molecule has 1 aromatic heterocycles. The van der Waals surface area contributed by atoms with Crippen LogP contribution in [0.5, 0.6) is 5.75 Å². The van der Waals surface area contributed by atoms with E-state index >= 15 is 0 Å². The fraction of sp³-hybridized carbons (Fsp3) is 0.233. The van der Waals surface area contributed by atoms with E-state index in [4.69, 9.17) is 4.74 Å². The summed E-state index contributed by atoms with van der Waals surface area (Å²) in [5, 5.41) is 7.25. The third-order valence-electron chi connectivity index (χ3n) is 6.89. The fourth-order valence-corrected chi connectivity index (χ4v) is 5.25. The molecule has 2 heterocycles. The number of carbonyl (C=O) groups is 2. The van der Waals surface area contributed by atoms with Crippen LogP contribution in [0.2, 0.25) is 0 Å². The van der Waals surface area contributed by atoms with Gasteiger partial charge >= 0.3 is 0 Å². The Morgan fingerprint density at radius 2 is 1.82 bits per heavy atom. The highest BCUT2D eigenvalue weighted by molar-refractivity contribution is 9.10.